The summed E-state index contributed by atoms with van der Waals surface area (Å²) in [5.74, 6) is 0.120. The summed E-state index contributed by atoms with van der Waals surface area (Å²) in [5.41, 5.74) is 0.952. The molecule has 0 fully saturated rings. The van der Waals surface area contributed by atoms with E-state index in [0.29, 0.717) is 0 Å². The van der Waals surface area contributed by atoms with E-state index in [2.05, 4.69) is 39.5 Å². The first-order valence-electron chi connectivity index (χ1n) is 4.30. The Balaban J connectivity index is 2.97. The van der Waals surface area contributed by atoms with Crippen molar-refractivity contribution in [3.05, 3.63) is 21.8 Å². The number of aromatic nitrogens is 2. The zero-order valence-electron chi connectivity index (χ0n) is 7.74. The van der Waals surface area contributed by atoms with Crippen molar-refractivity contribution in [3.63, 3.8) is 0 Å². The van der Waals surface area contributed by atoms with Gasteiger partial charge in [0.2, 0.25) is 0 Å². The Hall–Kier alpha value is -0.230. The molecule has 1 aromatic heterocycles. The molecule has 2 atom stereocenters. The lowest BCUT2D eigenvalue weighted by Gasteiger charge is -2.17. The molecule has 0 aliphatic heterocycles. The predicted octanol–water partition coefficient (Wildman–Crippen LogP) is 1.96. The van der Waals surface area contributed by atoms with Crippen molar-refractivity contribution in [1.29, 1.82) is 0 Å². The monoisotopic (exact) mass is 292 g/mol. The summed E-state index contributed by atoms with van der Waals surface area (Å²) in [4.78, 5) is 8.11. The smallest absolute Gasteiger partial charge is 0.115 e. The molecule has 1 rings (SSSR count). The van der Waals surface area contributed by atoms with E-state index < -0.39 is 0 Å². The molecule has 13 heavy (non-hydrogen) atoms. The maximum atomic E-state index is 9.53. The van der Waals surface area contributed by atoms with Crippen molar-refractivity contribution < 1.29 is 5.11 Å². The van der Waals surface area contributed by atoms with Crippen LogP contribution in [0.2, 0.25) is 0 Å². The van der Waals surface area contributed by atoms with E-state index in [4.69, 9.17) is 0 Å². The van der Waals surface area contributed by atoms with Crippen LogP contribution in [-0.2, 0) is 0 Å². The fourth-order valence-electron chi connectivity index (χ4n) is 1.36. The summed E-state index contributed by atoms with van der Waals surface area (Å²) in [6.07, 6.45) is 3.84. The minimum Gasteiger partial charge on any atom is -0.393 e. The highest BCUT2D eigenvalue weighted by molar-refractivity contribution is 14.1. The van der Waals surface area contributed by atoms with Gasteiger partial charge in [0.15, 0.2) is 0 Å². The van der Waals surface area contributed by atoms with Gasteiger partial charge in [-0.3, -0.25) is 0 Å². The highest BCUT2D eigenvalue weighted by Gasteiger charge is 2.18. The predicted molar refractivity (Wildman–Crippen MR) is 59.5 cm³/mol. The molecular weight excluding hydrogens is 279 g/mol. The van der Waals surface area contributed by atoms with Crippen molar-refractivity contribution in [1.82, 2.24) is 9.97 Å². The summed E-state index contributed by atoms with van der Waals surface area (Å²) in [6.45, 7) is 3.85. The Morgan fingerprint density at radius 2 is 2.31 bits per heavy atom. The van der Waals surface area contributed by atoms with Crippen molar-refractivity contribution in [3.8, 4) is 0 Å². The minimum atomic E-state index is -0.353. The van der Waals surface area contributed by atoms with Crippen LogP contribution < -0.4 is 0 Å². The van der Waals surface area contributed by atoms with Gasteiger partial charge in [0.1, 0.15) is 6.33 Å². The molecule has 0 saturated carbocycles. The molecule has 0 bridgehead atoms. The van der Waals surface area contributed by atoms with E-state index in [9.17, 15) is 5.11 Å². The minimum absolute atomic E-state index is 0.120. The van der Waals surface area contributed by atoms with Crippen molar-refractivity contribution in [2.75, 3.05) is 0 Å². The van der Waals surface area contributed by atoms with E-state index in [1.165, 1.54) is 6.33 Å². The second kappa shape index (κ2) is 4.85. The summed E-state index contributed by atoms with van der Waals surface area (Å²) in [6, 6.07) is 0. The van der Waals surface area contributed by atoms with Crippen LogP contribution in [-0.4, -0.2) is 21.2 Å². The Morgan fingerprint density at radius 3 is 2.77 bits per heavy atom. The molecule has 0 aliphatic rings. The lowest BCUT2D eigenvalue weighted by Crippen LogP contribution is -2.16. The molecule has 1 aromatic rings. The molecular formula is C9H13IN2O. The normalized spacial score (nSPS) is 15.4. The van der Waals surface area contributed by atoms with Gasteiger partial charge in [0.25, 0.3) is 0 Å². The first kappa shape index (κ1) is 10.8. The second-order valence-electron chi connectivity index (χ2n) is 3.01. The summed E-state index contributed by atoms with van der Waals surface area (Å²) >= 11 is 2.20. The lowest BCUT2D eigenvalue weighted by molar-refractivity contribution is 0.157. The topological polar surface area (TPSA) is 46.0 Å². The summed E-state index contributed by atoms with van der Waals surface area (Å²) < 4.78 is 1.02. The average molecular weight is 292 g/mol. The quantitative estimate of drug-likeness (QED) is 0.866. The van der Waals surface area contributed by atoms with Gasteiger partial charge in [-0.05, 0) is 35.9 Å². The fourth-order valence-corrected chi connectivity index (χ4v) is 2.06. The molecule has 0 aromatic carbocycles. The van der Waals surface area contributed by atoms with Crippen LogP contribution in [0.15, 0.2) is 12.5 Å². The zero-order valence-corrected chi connectivity index (χ0v) is 9.89. The van der Waals surface area contributed by atoms with Crippen molar-refractivity contribution >= 4 is 22.6 Å². The highest BCUT2D eigenvalue weighted by atomic mass is 127. The summed E-state index contributed by atoms with van der Waals surface area (Å²) in [5, 5.41) is 9.53. The largest absolute Gasteiger partial charge is 0.393 e. The average Bonchev–Trinajstić information content (AvgIpc) is 2.09. The highest BCUT2D eigenvalue weighted by Crippen LogP contribution is 2.24. The van der Waals surface area contributed by atoms with Crippen molar-refractivity contribution in [2.45, 2.75) is 32.3 Å². The third-order valence-electron chi connectivity index (χ3n) is 2.07. The first-order valence-corrected chi connectivity index (χ1v) is 5.38. The molecule has 0 aliphatic carbocycles. The third kappa shape index (κ3) is 2.60. The van der Waals surface area contributed by atoms with Gasteiger partial charge in [-0.25, -0.2) is 9.97 Å². The standard InChI is InChI=1S/C9H13IN2O/c1-3-7(6(2)13)9-8(10)4-11-5-12-9/h4-7,13H,3H2,1-2H3. The molecule has 0 saturated heterocycles. The van der Waals surface area contributed by atoms with Crippen LogP contribution in [0.3, 0.4) is 0 Å². The van der Waals surface area contributed by atoms with Crippen molar-refractivity contribution in [2.24, 2.45) is 0 Å². The Bertz CT molecular complexity index is 278. The Kier molecular flexibility index (Phi) is 4.05. The zero-order chi connectivity index (χ0) is 9.84. The SMILES string of the molecule is CCC(c1ncncc1I)C(C)O. The van der Waals surface area contributed by atoms with Gasteiger partial charge in [-0.2, -0.15) is 0 Å². The summed E-state index contributed by atoms with van der Waals surface area (Å²) in [7, 11) is 0. The third-order valence-corrected chi connectivity index (χ3v) is 2.90. The van der Waals surface area contributed by atoms with E-state index >= 15 is 0 Å². The van der Waals surface area contributed by atoms with Crippen LogP contribution in [0.4, 0.5) is 0 Å². The molecule has 72 valence electrons. The number of aliphatic hydroxyl groups excluding tert-OH is 1. The van der Waals surface area contributed by atoms with Gasteiger partial charge < -0.3 is 5.11 Å². The van der Waals surface area contributed by atoms with E-state index in [1.54, 1.807) is 13.1 Å². The number of hydrogen-bond acceptors (Lipinski definition) is 3. The van der Waals surface area contributed by atoms with Gasteiger partial charge in [-0.15, -0.1) is 0 Å². The molecule has 4 heteroatoms. The molecule has 0 radical (unpaired) electrons. The van der Waals surface area contributed by atoms with Crippen LogP contribution in [0.5, 0.6) is 0 Å². The lowest BCUT2D eigenvalue weighted by atomic mass is 9.97. The van der Waals surface area contributed by atoms with Gasteiger partial charge in [0.05, 0.1) is 15.4 Å². The number of halogens is 1. The molecule has 2 unspecified atom stereocenters. The number of aliphatic hydroxyl groups is 1. The van der Waals surface area contributed by atoms with Crippen LogP contribution in [0, 0.1) is 3.57 Å². The Labute approximate surface area is 91.8 Å². The maximum absolute atomic E-state index is 9.53. The van der Waals surface area contributed by atoms with Crippen LogP contribution in [0.1, 0.15) is 31.9 Å². The maximum Gasteiger partial charge on any atom is 0.115 e. The fraction of sp³-hybridized carbons (Fsp3) is 0.556. The molecule has 1 heterocycles. The number of hydrogen-bond donors (Lipinski definition) is 1. The first-order chi connectivity index (χ1) is 6.16. The van der Waals surface area contributed by atoms with E-state index in [1.807, 2.05) is 0 Å². The van der Waals surface area contributed by atoms with Crippen LogP contribution >= 0.6 is 22.6 Å². The van der Waals surface area contributed by atoms with Gasteiger partial charge in [0, 0.05) is 12.1 Å². The van der Waals surface area contributed by atoms with Crippen LogP contribution in [0.25, 0.3) is 0 Å². The second-order valence-corrected chi connectivity index (χ2v) is 4.17. The van der Waals surface area contributed by atoms with E-state index in [0.717, 1.165) is 15.7 Å². The molecule has 0 amide bonds. The van der Waals surface area contributed by atoms with E-state index in [-0.39, 0.29) is 12.0 Å². The number of rotatable bonds is 3. The molecule has 0 spiro atoms. The van der Waals surface area contributed by atoms with Gasteiger partial charge in [-0.1, -0.05) is 6.92 Å². The molecule has 3 nitrogen and oxygen atoms in total. The van der Waals surface area contributed by atoms with Gasteiger partial charge >= 0.3 is 0 Å². The Morgan fingerprint density at radius 1 is 1.62 bits per heavy atom. The number of nitrogens with zero attached hydrogens (tertiary/aromatic N) is 2. The molecule has 1 N–H and O–H groups in total.